The SMILES string of the molecule is Cl.NC(=O)COc1cccc(C(=O)N2CCNCC2c2cccc(F)c2)c1. The summed E-state index contributed by atoms with van der Waals surface area (Å²) < 4.78 is 18.9. The van der Waals surface area contributed by atoms with E-state index in [1.807, 2.05) is 6.07 Å². The Hall–Kier alpha value is -2.64. The zero-order valence-corrected chi connectivity index (χ0v) is 15.4. The van der Waals surface area contributed by atoms with Crippen molar-refractivity contribution in [2.24, 2.45) is 5.73 Å². The molecule has 0 saturated carbocycles. The van der Waals surface area contributed by atoms with Crippen LogP contribution in [0.15, 0.2) is 48.5 Å². The molecule has 1 unspecified atom stereocenters. The summed E-state index contributed by atoms with van der Waals surface area (Å²) in [6.45, 7) is 1.46. The summed E-state index contributed by atoms with van der Waals surface area (Å²) in [7, 11) is 0. The summed E-state index contributed by atoms with van der Waals surface area (Å²) >= 11 is 0. The Kier molecular flexibility index (Phi) is 7.15. The van der Waals surface area contributed by atoms with Crippen molar-refractivity contribution in [3.8, 4) is 5.75 Å². The zero-order valence-electron chi connectivity index (χ0n) is 14.6. The highest BCUT2D eigenvalue weighted by atomic mass is 35.5. The number of hydrogen-bond acceptors (Lipinski definition) is 4. The van der Waals surface area contributed by atoms with Crippen LogP contribution in [0.3, 0.4) is 0 Å². The number of benzene rings is 2. The number of primary amides is 1. The first-order valence-corrected chi connectivity index (χ1v) is 8.33. The zero-order chi connectivity index (χ0) is 18.5. The minimum atomic E-state index is -0.588. The average molecular weight is 394 g/mol. The lowest BCUT2D eigenvalue weighted by Gasteiger charge is -2.36. The molecular formula is C19H21ClFN3O3. The van der Waals surface area contributed by atoms with E-state index in [0.717, 1.165) is 5.56 Å². The number of amides is 2. The van der Waals surface area contributed by atoms with E-state index in [9.17, 15) is 14.0 Å². The molecule has 3 rings (SSSR count). The van der Waals surface area contributed by atoms with Gasteiger partial charge in [0, 0.05) is 25.2 Å². The number of nitrogens with one attached hydrogen (secondary N) is 1. The van der Waals surface area contributed by atoms with Gasteiger partial charge in [0.1, 0.15) is 11.6 Å². The Balaban J connectivity index is 0.00000261. The number of nitrogens with two attached hydrogens (primary N) is 1. The highest BCUT2D eigenvalue weighted by molar-refractivity contribution is 5.95. The van der Waals surface area contributed by atoms with Gasteiger partial charge in [-0.05, 0) is 35.9 Å². The van der Waals surface area contributed by atoms with E-state index in [1.165, 1.54) is 12.1 Å². The molecule has 144 valence electrons. The van der Waals surface area contributed by atoms with Crippen LogP contribution in [0.2, 0.25) is 0 Å². The van der Waals surface area contributed by atoms with Crippen LogP contribution in [0.4, 0.5) is 4.39 Å². The third-order valence-corrected chi connectivity index (χ3v) is 4.20. The predicted molar refractivity (Wildman–Crippen MR) is 101 cm³/mol. The van der Waals surface area contributed by atoms with E-state index < -0.39 is 5.91 Å². The lowest BCUT2D eigenvalue weighted by Crippen LogP contribution is -2.48. The maximum Gasteiger partial charge on any atom is 0.255 e. The second-order valence-corrected chi connectivity index (χ2v) is 6.06. The molecule has 27 heavy (non-hydrogen) atoms. The summed E-state index contributed by atoms with van der Waals surface area (Å²) in [4.78, 5) is 25.6. The van der Waals surface area contributed by atoms with Gasteiger partial charge in [-0.25, -0.2) is 4.39 Å². The molecule has 2 aromatic rings. The molecule has 1 atom stereocenters. The molecule has 0 aliphatic carbocycles. The van der Waals surface area contributed by atoms with Crippen LogP contribution in [-0.4, -0.2) is 43.0 Å². The topological polar surface area (TPSA) is 84.7 Å². The lowest BCUT2D eigenvalue weighted by atomic mass is 10.0. The summed E-state index contributed by atoms with van der Waals surface area (Å²) in [5, 5.41) is 3.24. The van der Waals surface area contributed by atoms with Crippen molar-refractivity contribution in [3.63, 3.8) is 0 Å². The number of carbonyl (C=O) groups is 2. The standard InChI is InChI=1S/C19H20FN3O3.ClH/c20-15-5-1-3-13(9-15)17-11-22-7-8-23(17)19(25)14-4-2-6-16(10-14)26-12-18(21)24;/h1-6,9-10,17,22H,7-8,11-12H2,(H2,21,24);1H. The lowest BCUT2D eigenvalue weighted by molar-refractivity contribution is -0.119. The third kappa shape index (κ3) is 5.18. The van der Waals surface area contributed by atoms with E-state index in [-0.39, 0.29) is 36.8 Å². The van der Waals surface area contributed by atoms with Crippen molar-refractivity contribution < 1.29 is 18.7 Å². The first kappa shape index (κ1) is 20.7. The van der Waals surface area contributed by atoms with Gasteiger partial charge in [0.05, 0.1) is 6.04 Å². The first-order valence-electron chi connectivity index (χ1n) is 8.33. The van der Waals surface area contributed by atoms with Gasteiger partial charge in [-0.2, -0.15) is 0 Å². The number of nitrogens with zero attached hydrogens (tertiary/aromatic N) is 1. The number of rotatable bonds is 5. The highest BCUT2D eigenvalue weighted by Gasteiger charge is 2.29. The molecule has 2 aromatic carbocycles. The maximum absolute atomic E-state index is 13.6. The van der Waals surface area contributed by atoms with Gasteiger partial charge in [0.25, 0.3) is 11.8 Å². The maximum atomic E-state index is 13.6. The molecule has 2 amide bonds. The molecule has 1 aliphatic rings. The van der Waals surface area contributed by atoms with Crippen molar-refractivity contribution in [1.82, 2.24) is 10.2 Å². The van der Waals surface area contributed by atoms with Crippen LogP contribution in [-0.2, 0) is 4.79 Å². The van der Waals surface area contributed by atoms with Gasteiger partial charge in [-0.15, -0.1) is 12.4 Å². The van der Waals surface area contributed by atoms with Gasteiger partial charge >= 0.3 is 0 Å². The Morgan fingerprint density at radius 1 is 1.22 bits per heavy atom. The van der Waals surface area contributed by atoms with E-state index in [0.29, 0.717) is 30.9 Å². The van der Waals surface area contributed by atoms with Crippen molar-refractivity contribution >= 4 is 24.2 Å². The number of carbonyl (C=O) groups excluding carboxylic acids is 2. The van der Waals surface area contributed by atoms with E-state index in [4.69, 9.17) is 10.5 Å². The fraction of sp³-hybridized carbons (Fsp3) is 0.263. The van der Waals surface area contributed by atoms with Crippen molar-refractivity contribution in [2.45, 2.75) is 6.04 Å². The molecule has 1 saturated heterocycles. The van der Waals surface area contributed by atoms with Crippen LogP contribution in [0.5, 0.6) is 5.75 Å². The monoisotopic (exact) mass is 393 g/mol. The normalized spacial score (nSPS) is 16.3. The van der Waals surface area contributed by atoms with Gasteiger partial charge in [0.2, 0.25) is 0 Å². The Bertz CT molecular complexity index is 818. The largest absolute Gasteiger partial charge is 0.484 e. The van der Waals surface area contributed by atoms with Crippen LogP contribution >= 0.6 is 12.4 Å². The molecule has 0 aromatic heterocycles. The summed E-state index contributed by atoms with van der Waals surface area (Å²) in [5.74, 6) is -0.699. The second kappa shape index (κ2) is 9.34. The fourth-order valence-corrected chi connectivity index (χ4v) is 3.00. The van der Waals surface area contributed by atoms with Gasteiger partial charge in [-0.1, -0.05) is 18.2 Å². The summed E-state index contributed by atoms with van der Waals surface area (Å²) in [5.41, 5.74) is 6.26. The van der Waals surface area contributed by atoms with Crippen LogP contribution < -0.4 is 15.8 Å². The van der Waals surface area contributed by atoms with Crippen LogP contribution in [0, 0.1) is 5.82 Å². The Labute approximate surface area is 162 Å². The molecular weight excluding hydrogens is 373 g/mol. The Morgan fingerprint density at radius 3 is 2.74 bits per heavy atom. The van der Waals surface area contributed by atoms with Crippen molar-refractivity contribution in [2.75, 3.05) is 26.2 Å². The van der Waals surface area contributed by atoms with E-state index >= 15 is 0 Å². The average Bonchev–Trinajstić information content (AvgIpc) is 2.66. The highest BCUT2D eigenvalue weighted by Crippen LogP contribution is 2.25. The molecule has 6 nitrogen and oxygen atoms in total. The molecule has 1 heterocycles. The Morgan fingerprint density at radius 2 is 2.00 bits per heavy atom. The molecule has 1 aliphatic heterocycles. The molecule has 8 heteroatoms. The minimum absolute atomic E-state index is 0. The van der Waals surface area contributed by atoms with Crippen molar-refractivity contribution in [1.29, 1.82) is 0 Å². The van der Waals surface area contributed by atoms with E-state index in [2.05, 4.69) is 5.32 Å². The van der Waals surface area contributed by atoms with E-state index in [1.54, 1.807) is 35.2 Å². The third-order valence-electron chi connectivity index (χ3n) is 4.20. The number of ether oxygens (including phenoxy) is 1. The molecule has 0 bridgehead atoms. The van der Waals surface area contributed by atoms with Crippen LogP contribution in [0.1, 0.15) is 22.0 Å². The van der Waals surface area contributed by atoms with Crippen LogP contribution in [0.25, 0.3) is 0 Å². The number of halogens is 2. The van der Waals surface area contributed by atoms with Gasteiger partial charge < -0.3 is 20.7 Å². The van der Waals surface area contributed by atoms with Crippen molar-refractivity contribution in [3.05, 3.63) is 65.5 Å². The van der Waals surface area contributed by atoms with Gasteiger partial charge in [-0.3, -0.25) is 9.59 Å². The smallest absolute Gasteiger partial charge is 0.255 e. The minimum Gasteiger partial charge on any atom is -0.484 e. The molecule has 0 spiro atoms. The molecule has 0 radical (unpaired) electrons. The number of piperazine rings is 1. The fourth-order valence-electron chi connectivity index (χ4n) is 3.00. The molecule has 3 N–H and O–H groups in total. The first-order chi connectivity index (χ1) is 12.5. The quantitative estimate of drug-likeness (QED) is 0.812. The summed E-state index contributed by atoms with van der Waals surface area (Å²) in [6, 6.07) is 12.6. The van der Waals surface area contributed by atoms with Gasteiger partial charge in [0.15, 0.2) is 6.61 Å². The number of hydrogen-bond donors (Lipinski definition) is 2. The predicted octanol–water partition coefficient (Wildman–Crippen LogP) is 1.90. The summed E-state index contributed by atoms with van der Waals surface area (Å²) in [6.07, 6.45) is 0. The second-order valence-electron chi connectivity index (χ2n) is 6.06. The molecule has 1 fully saturated rings.